The largest absolute Gasteiger partial charge is 0.480 e. The van der Waals surface area contributed by atoms with Crippen LogP contribution in [0.15, 0.2) is 6.07 Å². The first-order valence-electron chi connectivity index (χ1n) is 6.91. The average Bonchev–Trinajstić information content (AvgIpc) is 2.46. The molecule has 1 aromatic heterocycles. The molecule has 1 aromatic rings. The molecular formula is C14H19N3O3. The number of hydrogen-bond acceptors (Lipinski definition) is 4. The van der Waals surface area contributed by atoms with Gasteiger partial charge in [-0.25, -0.2) is 4.79 Å². The Labute approximate surface area is 117 Å². The van der Waals surface area contributed by atoms with Crippen LogP contribution in [0.3, 0.4) is 0 Å². The highest BCUT2D eigenvalue weighted by Gasteiger charge is 2.33. The zero-order chi connectivity index (χ0) is 14.7. The molecule has 0 saturated carbocycles. The van der Waals surface area contributed by atoms with Crippen molar-refractivity contribution in [2.45, 2.75) is 45.6 Å². The fourth-order valence-electron chi connectivity index (χ4n) is 2.55. The van der Waals surface area contributed by atoms with Crippen molar-refractivity contribution in [3.05, 3.63) is 23.0 Å². The maximum atomic E-state index is 12.6. The van der Waals surface area contributed by atoms with Crippen molar-refractivity contribution in [2.24, 2.45) is 0 Å². The molecule has 0 spiro atoms. The van der Waals surface area contributed by atoms with Gasteiger partial charge in [-0.3, -0.25) is 4.79 Å². The Kier molecular flexibility index (Phi) is 4.32. The number of aryl methyl sites for hydroxylation is 2. The molecule has 0 unspecified atom stereocenters. The van der Waals surface area contributed by atoms with Crippen LogP contribution in [0.5, 0.6) is 0 Å². The summed E-state index contributed by atoms with van der Waals surface area (Å²) in [6.07, 6.45) is 2.80. The number of carboxylic acid groups (broad SMARTS) is 1. The highest BCUT2D eigenvalue weighted by molar-refractivity contribution is 5.97. The summed E-state index contributed by atoms with van der Waals surface area (Å²) in [6, 6.07) is 0.969. The van der Waals surface area contributed by atoms with Crippen LogP contribution in [-0.4, -0.2) is 44.7 Å². The summed E-state index contributed by atoms with van der Waals surface area (Å²) in [5, 5.41) is 17.3. The van der Waals surface area contributed by atoms with E-state index in [-0.39, 0.29) is 5.91 Å². The summed E-state index contributed by atoms with van der Waals surface area (Å²) in [6.45, 7) is 4.16. The van der Waals surface area contributed by atoms with Crippen molar-refractivity contribution >= 4 is 11.9 Å². The Morgan fingerprint density at radius 1 is 1.40 bits per heavy atom. The number of likely N-dealkylation sites (tertiary alicyclic amines) is 1. The zero-order valence-electron chi connectivity index (χ0n) is 11.8. The van der Waals surface area contributed by atoms with E-state index >= 15 is 0 Å². The van der Waals surface area contributed by atoms with E-state index in [1.165, 1.54) is 4.90 Å². The summed E-state index contributed by atoms with van der Waals surface area (Å²) < 4.78 is 0. The van der Waals surface area contributed by atoms with Gasteiger partial charge >= 0.3 is 5.97 Å². The molecule has 2 rings (SSSR count). The molecule has 20 heavy (non-hydrogen) atoms. The standard InChI is InChI=1S/C14H19N3O3/c1-3-11-10(8-9(2)15-16-11)13(18)17-7-5-4-6-12(17)14(19)20/h8,12H,3-7H2,1-2H3,(H,19,20)/t12-/m0/s1. The normalized spacial score (nSPS) is 18.9. The highest BCUT2D eigenvalue weighted by atomic mass is 16.4. The fraction of sp³-hybridized carbons (Fsp3) is 0.571. The van der Waals surface area contributed by atoms with Gasteiger partial charge in [-0.1, -0.05) is 6.92 Å². The molecule has 1 fully saturated rings. The Morgan fingerprint density at radius 3 is 2.80 bits per heavy atom. The van der Waals surface area contributed by atoms with Crippen LogP contribution in [0.4, 0.5) is 0 Å². The Balaban J connectivity index is 2.34. The number of rotatable bonds is 3. The number of piperidine rings is 1. The van der Waals surface area contributed by atoms with E-state index in [2.05, 4.69) is 10.2 Å². The van der Waals surface area contributed by atoms with Crippen molar-refractivity contribution < 1.29 is 14.7 Å². The van der Waals surface area contributed by atoms with Crippen LogP contribution in [0.2, 0.25) is 0 Å². The molecule has 1 atom stereocenters. The Bertz CT molecular complexity index is 530. The molecule has 2 heterocycles. The summed E-state index contributed by atoms with van der Waals surface area (Å²) in [7, 11) is 0. The quantitative estimate of drug-likeness (QED) is 0.903. The van der Waals surface area contributed by atoms with Crippen LogP contribution >= 0.6 is 0 Å². The lowest BCUT2D eigenvalue weighted by Gasteiger charge is -2.33. The van der Waals surface area contributed by atoms with Gasteiger partial charge in [0.1, 0.15) is 6.04 Å². The van der Waals surface area contributed by atoms with Gasteiger partial charge in [0.2, 0.25) is 0 Å². The first kappa shape index (κ1) is 14.4. The molecule has 1 aliphatic heterocycles. The van der Waals surface area contributed by atoms with Crippen molar-refractivity contribution in [1.82, 2.24) is 15.1 Å². The molecular weight excluding hydrogens is 258 g/mol. The molecule has 1 N–H and O–H groups in total. The number of carbonyl (C=O) groups excluding carboxylic acids is 1. The summed E-state index contributed by atoms with van der Waals surface area (Å²) >= 11 is 0. The number of amides is 1. The summed E-state index contributed by atoms with van der Waals surface area (Å²) in [5.41, 5.74) is 1.76. The van der Waals surface area contributed by atoms with Crippen LogP contribution in [-0.2, 0) is 11.2 Å². The molecule has 1 amide bonds. The number of aromatic nitrogens is 2. The van der Waals surface area contributed by atoms with Gasteiger partial charge in [-0.2, -0.15) is 10.2 Å². The smallest absolute Gasteiger partial charge is 0.326 e. The second kappa shape index (κ2) is 5.98. The average molecular weight is 277 g/mol. The van der Waals surface area contributed by atoms with Gasteiger partial charge in [-0.15, -0.1) is 0 Å². The molecule has 1 aliphatic rings. The van der Waals surface area contributed by atoms with Crippen molar-refractivity contribution in [2.75, 3.05) is 6.54 Å². The predicted molar refractivity (Wildman–Crippen MR) is 72.5 cm³/mol. The lowest BCUT2D eigenvalue weighted by Crippen LogP contribution is -2.48. The summed E-state index contributed by atoms with van der Waals surface area (Å²) in [4.78, 5) is 25.4. The first-order valence-corrected chi connectivity index (χ1v) is 6.91. The second-order valence-corrected chi connectivity index (χ2v) is 5.05. The molecule has 6 nitrogen and oxygen atoms in total. The minimum atomic E-state index is -0.935. The van der Waals surface area contributed by atoms with Crippen LogP contribution in [0.1, 0.15) is 47.9 Å². The Morgan fingerprint density at radius 2 is 2.15 bits per heavy atom. The van der Waals surface area contributed by atoms with Crippen LogP contribution in [0, 0.1) is 6.92 Å². The SMILES string of the molecule is CCc1nnc(C)cc1C(=O)N1CCCC[C@H]1C(=O)O. The number of hydrogen-bond donors (Lipinski definition) is 1. The predicted octanol–water partition coefficient (Wildman–Crippen LogP) is 1.43. The zero-order valence-corrected chi connectivity index (χ0v) is 11.8. The van der Waals surface area contributed by atoms with E-state index in [1.807, 2.05) is 6.92 Å². The van der Waals surface area contributed by atoms with E-state index in [0.717, 1.165) is 12.8 Å². The van der Waals surface area contributed by atoms with E-state index in [0.29, 0.717) is 36.3 Å². The third-order valence-corrected chi connectivity index (χ3v) is 3.61. The van der Waals surface area contributed by atoms with Gasteiger partial charge in [0.05, 0.1) is 17.0 Å². The van der Waals surface area contributed by atoms with Crippen molar-refractivity contribution in [3.63, 3.8) is 0 Å². The molecule has 0 bridgehead atoms. The minimum Gasteiger partial charge on any atom is -0.480 e. The Hall–Kier alpha value is -1.98. The molecule has 1 saturated heterocycles. The molecule has 0 radical (unpaired) electrons. The van der Waals surface area contributed by atoms with Crippen LogP contribution in [0.25, 0.3) is 0 Å². The third-order valence-electron chi connectivity index (χ3n) is 3.61. The molecule has 6 heteroatoms. The molecule has 0 aliphatic carbocycles. The van der Waals surface area contributed by atoms with Gasteiger partial charge in [-0.05, 0) is 38.7 Å². The molecule has 0 aromatic carbocycles. The maximum absolute atomic E-state index is 12.6. The lowest BCUT2D eigenvalue weighted by atomic mass is 10.00. The maximum Gasteiger partial charge on any atom is 0.326 e. The third kappa shape index (κ3) is 2.79. The monoisotopic (exact) mass is 277 g/mol. The van der Waals surface area contributed by atoms with Crippen molar-refractivity contribution in [1.29, 1.82) is 0 Å². The first-order chi connectivity index (χ1) is 9.54. The van der Waals surface area contributed by atoms with Crippen molar-refractivity contribution in [3.8, 4) is 0 Å². The van der Waals surface area contributed by atoms with Crippen LogP contribution < -0.4 is 0 Å². The van der Waals surface area contributed by atoms with Gasteiger partial charge in [0, 0.05) is 6.54 Å². The van der Waals surface area contributed by atoms with Gasteiger partial charge in [0.25, 0.3) is 5.91 Å². The second-order valence-electron chi connectivity index (χ2n) is 5.05. The van der Waals surface area contributed by atoms with E-state index in [4.69, 9.17) is 0 Å². The van der Waals surface area contributed by atoms with Gasteiger partial charge in [0.15, 0.2) is 0 Å². The van der Waals surface area contributed by atoms with E-state index < -0.39 is 12.0 Å². The minimum absolute atomic E-state index is 0.244. The summed E-state index contributed by atoms with van der Waals surface area (Å²) in [5.74, 6) is -1.18. The lowest BCUT2D eigenvalue weighted by molar-refractivity contribution is -0.143. The topological polar surface area (TPSA) is 83.4 Å². The number of nitrogens with zero attached hydrogens (tertiary/aromatic N) is 3. The number of aliphatic carboxylic acids is 1. The number of carboxylic acids is 1. The van der Waals surface area contributed by atoms with Gasteiger partial charge < -0.3 is 10.0 Å². The highest BCUT2D eigenvalue weighted by Crippen LogP contribution is 2.21. The molecule has 108 valence electrons. The number of carbonyl (C=O) groups is 2. The van der Waals surface area contributed by atoms with E-state index in [9.17, 15) is 14.7 Å². The van der Waals surface area contributed by atoms with E-state index in [1.54, 1.807) is 13.0 Å². The fourth-order valence-corrected chi connectivity index (χ4v) is 2.55.